The molecule has 1 atom stereocenters. The third-order valence-corrected chi connectivity index (χ3v) is 4.76. The van der Waals surface area contributed by atoms with Gasteiger partial charge in [0.2, 0.25) is 5.89 Å². The highest BCUT2D eigenvalue weighted by Gasteiger charge is 2.34. The van der Waals surface area contributed by atoms with Crippen molar-refractivity contribution in [1.29, 1.82) is 0 Å². The van der Waals surface area contributed by atoms with Gasteiger partial charge in [0.25, 0.3) is 11.8 Å². The number of nitrogens with zero attached hydrogens (tertiary/aromatic N) is 6. The Balaban J connectivity index is 1.57. The van der Waals surface area contributed by atoms with Crippen LogP contribution in [0.3, 0.4) is 0 Å². The molecule has 4 rings (SSSR count). The van der Waals surface area contributed by atoms with Crippen LogP contribution in [0.2, 0.25) is 0 Å². The summed E-state index contributed by atoms with van der Waals surface area (Å²) in [6.07, 6.45) is 7.60. The lowest BCUT2D eigenvalue weighted by Gasteiger charge is -2.32. The van der Waals surface area contributed by atoms with Crippen molar-refractivity contribution in [2.45, 2.75) is 52.0 Å². The molecule has 1 aliphatic heterocycles. The fraction of sp³-hybridized carbons (Fsp3) is 0.474. The third kappa shape index (κ3) is 3.64. The molecule has 0 aromatic carbocycles. The Kier molecular flexibility index (Phi) is 5.14. The highest BCUT2D eigenvalue weighted by molar-refractivity contribution is 5.92. The molecule has 0 spiro atoms. The monoisotopic (exact) mass is 382 g/mol. The Morgan fingerprint density at radius 2 is 2.14 bits per heavy atom. The number of rotatable bonds is 5. The molecule has 1 amide bonds. The zero-order chi connectivity index (χ0) is 19.5. The lowest BCUT2D eigenvalue weighted by Crippen LogP contribution is -2.38. The van der Waals surface area contributed by atoms with Crippen LogP contribution in [0.25, 0.3) is 11.6 Å². The second-order valence-electron chi connectivity index (χ2n) is 6.93. The van der Waals surface area contributed by atoms with Crippen molar-refractivity contribution in [3.8, 4) is 11.6 Å². The van der Waals surface area contributed by atoms with Crippen LogP contribution in [0.4, 0.5) is 0 Å². The van der Waals surface area contributed by atoms with Crippen molar-refractivity contribution < 1.29 is 13.7 Å². The highest BCUT2D eigenvalue weighted by atomic mass is 16.5. The molecule has 1 saturated heterocycles. The number of amides is 1. The van der Waals surface area contributed by atoms with E-state index in [-0.39, 0.29) is 11.9 Å². The van der Waals surface area contributed by atoms with E-state index in [1.165, 1.54) is 0 Å². The van der Waals surface area contributed by atoms with Gasteiger partial charge in [-0.05, 0) is 32.6 Å². The van der Waals surface area contributed by atoms with Crippen LogP contribution < -0.4 is 0 Å². The zero-order valence-electron chi connectivity index (χ0n) is 16.0. The van der Waals surface area contributed by atoms with Crippen LogP contribution in [0.1, 0.15) is 66.5 Å². The van der Waals surface area contributed by atoms with Gasteiger partial charge >= 0.3 is 0 Å². The predicted molar refractivity (Wildman–Crippen MR) is 98.2 cm³/mol. The number of carbonyl (C=O) groups is 1. The molecule has 0 saturated carbocycles. The number of hydrogen-bond acceptors (Lipinski definition) is 8. The van der Waals surface area contributed by atoms with Gasteiger partial charge in [-0.3, -0.25) is 9.78 Å². The van der Waals surface area contributed by atoms with Gasteiger partial charge in [-0.15, -0.1) is 10.2 Å². The molecule has 9 heteroatoms. The van der Waals surface area contributed by atoms with Crippen LogP contribution in [-0.4, -0.2) is 42.7 Å². The summed E-state index contributed by atoms with van der Waals surface area (Å²) in [6.45, 7) is 4.52. The van der Waals surface area contributed by atoms with Crippen molar-refractivity contribution in [2.75, 3.05) is 6.54 Å². The van der Waals surface area contributed by atoms with Crippen molar-refractivity contribution in [3.63, 3.8) is 0 Å². The third-order valence-electron chi connectivity index (χ3n) is 4.76. The summed E-state index contributed by atoms with van der Waals surface area (Å²) in [6, 6.07) is 1.44. The summed E-state index contributed by atoms with van der Waals surface area (Å²) in [5.74, 6) is 1.25. The molecule has 1 aliphatic rings. The number of aromatic nitrogens is 5. The maximum Gasteiger partial charge on any atom is 0.276 e. The molecule has 0 aliphatic carbocycles. The van der Waals surface area contributed by atoms with E-state index in [9.17, 15) is 4.79 Å². The van der Waals surface area contributed by atoms with E-state index in [0.717, 1.165) is 43.6 Å². The van der Waals surface area contributed by atoms with Crippen LogP contribution in [-0.2, 0) is 6.42 Å². The molecular formula is C19H22N6O3. The van der Waals surface area contributed by atoms with Crippen LogP contribution >= 0.6 is 0 Å². The normalized spacial score (nSPS) is 17.1. The lowest BCUT2D eigenvalue weighted by molar-refractivity contribution is 0.0562. The van der Waals surface area contributed by atoms with Gasteiger partial charge in [0.05, 0.1) is 11.9 Å². The highest BCUT2D eigenvalue weighted by Crippen LogP contribution is 2.32. The first-order valence-electron chi connectivity index (χ1n) is 9.54. The molecule has 4 heterocycles. The van der Waals surface area contributed by atoms with Crippen molar-refractivity contribution >= 4 is 5.91 Å². The van der Waals surface area contributed by atoms with Crippen molar-refractivity contribution in [2.24, 2.45) is 0 Å². The lowest BCUT2D eigenvalue weighted by atomic mass is 10.0. The number of piperidine rings is 1. The molecule has 0 N–H and O–H groups in total. The van der Waals surface area contributed by atoms with Crippen molar-refractivity contribution in [1.82, 2.24) is 30.2 Å². The Labute approximate surface area is 162 Å². The van der Waals surface area contributed by atoms with Gasteiger partial charge in [0.1, 0.15) is 17.5 Å². The predicted octanol–water partition coefficient (Wildman–Crippen LogP) is 3.14. The summed E-state index contributed by atoms with van der Waals surface area (Å²) in [7, 11) is 0. The fourth-order valence-corrected chi connectivity index (χ4v) is 3.33. The van der Waals surface area contributed by atoms with Gasteiger partial charge in [0.15, 0.2) is 5.69 Å². The first-order chi connectivity index (χ1) is 13.7. The van der Waals surface area contributed by atoms with Gasteiger partial charge in [-0.25, -0.2) is 4.98 Å². The first kappa shape index (κ1) is 18.3. The molecule has 3 aromatic heterocycles. The van der Waals surface area contributed by atoms with Gasteiger partial charge in [0, 0.05) is 25.2 Å². The Morgan fingerprint density at radius 1 is 1.25 bits per heavy atom. The molecule has 1 unspecified atom stereocenters. The minimum Gasteiger partial charge on any atom is -0.417 e. The zero-order valence-corrected chi connectivity index (χ0v) is 16.0. The average Bonchev–Trinajstić information content (AvgIpc) is 3.38. The van der Waals surface area contributed by atoms with Gasteiger partial charge in [-0.1, -0.05) is 12.1 Å². The number of hydrogen-bond donors (Lipinski definition) is 0. The van der Waals surface area contributed by atoms with Gasteiger partial charge in [-0.2, -0.15) is 0 Å². The Morgan fingerprint density at radius 3 is 2.93 bits per heavy atom. The minimum atomic E-state index is -0.285. The topological polar surface area (TPSA) is 111 Å². The summed E-state index contributed by atoms with van der Waals surface area (Å²) in [4.78, 5) is 23.2. The second-order valence-corrected chi connectivity index (χ2v) is 6.93. The SMILES string of the molecule is CCCc1cc(C(=O)N2CCCCC2c2nnc(-c3cnc(C)cn3)o2)no1. The van der Waals surface area contributed by atoms with E-state index in [0.29, 0.717) is 29.7 Å². The number of likely N-dealkylation sites (tertiary alicyclic amines) is 1. The Bertz CT molecular complexity index is 949. The summed E-state index contributed by atoms with van der Waals surface area (Å²) >= 11 is 0. The largest absolute Gasteiger partial charge is 0.417 e. The summed E-state index contributed by atoms with van der Waals surface area (Å²) in [5.41, 5.74) is 1.64. The van der Waals surface area contributed by atoms with E-state index in [2.05, 4.69) is 32.2 Å². The van der Waals surface area contributed by atoms with E-state index < -0.39 is 0 Å². The first-order valence-corrected chi connectivity index (χ1v) is 9.54. The van der Waals surface area contributed by atoms with E-state index >= 15 is 0 Å². The van der Waals surface area contributed by atoms with E-state index in [1.807, 2.05) is 6.92 Å². The van der Waals surface area contributed by atoms with Crippen LogP contribution in [0, 0.1) is 6.92 Å². The standard InChI is InChI=1S/C19H22N6O3/c1-3-6-13-9-14(24-28-13)19(26)25-8-5-4-7-16(25)18-23-22-17(27-18)15-11-20-12(2)10-21-15/h9-11,16H,3-8H2,1-2H3. The molecular weight excluding hydrogens is 360 g/mol. The van der Waals surface area contributed by atoms with E-state index in [4.69, 9.17) is 8.94 Å². The van der Waals surface area contributed by atoms with Crippen LogP contribution in [0.15, 0.2) is 27.4 Å². The molecule has 0 bridgehead atoms. The quantitative estimate of drug-likeness (QED) is 0.661. The fourth-order valence-electron chi connectivity index (χ4n) is 3.33. The molecule has 0 radical (unpaired) electrons. The molecule has 1 fully saturated rings. The maximum absolute atomic E-state index is 13.0. The number of carbonyl (C=O) groups excluding carboxylic acids is 1. The van der Waals surface area contributed by atoms with Gasteiger partial charge < -0.3 is 13.8 Å². The average molecular weight is 382 g/mol. The van der Waals surface area contributed by atoms with E-state index in [1.54, 1.807) is 23.4 Å². The molecule has 3 aromatic rings. The molecule has 146 valence electrons. The number of aryl methyl sites for hydroxylation is 2. The van der Waals surface area contributed by atoms with Crippen molar-refractivity contribution in [3.05, 3.63) is 41.5 Å². The molecule has 9 nitrogen and oxygen atoms in total. The minimum absolute atomic E-state index is 0.175. The Hall–Kier alpha value is -3.10. The summed E-state index contributed by atoms with van der Waals surface area (Å²) < 4.78 is 11.1. The smallest absolute Gasteiger partial charge is 0.276 e. The molecule has 28 heavy (non-hydrogen) atoms. The summed E-state index contributed by atoms with van der Waals surface area (Å²) in [5, 5.41) is 12.2. The maximum atomic E-state index is 13.0. The van der Waals surface area contributed by atoms with Crippen LogP contribution in [0.5, 0.6) is 0 Å². The second kappa shape index (κ2) is 7.87.